The van der Waals surface area contributed by atoms with Gasteiger partial charge in [0.25, 0.3) is 0 Å². The molecule has 0 aliphatic carbocycles. The fourth-order valence-electron chi connectivity index (χ4n) is 7.25. The maximum Gasteiger partial charge on any atom is 0.494 e. The fourth-order valence-corrected chi connectivity index (χ4v) is 11.8. The lowest BCUT2D eigenvalue weighted by Gasteiger charge is -2.36. The molecule has 14 nitrogen and oxygen atoms in total. The van der Waals surface area contributed by atoms with Crippen LogP contribution in [-0.2, 0) is 57.5 Å². The molecule has 0 bridgehead atoms. The number of sulfone groups is 2. The minimum atomic E-state index is -4.02. The van der Waals surface area contributed by atoms with E-state index in [2.05, 4.69) is 57.8 Å². The van der Waals surface area contributed by atoms with Crippen molar-refractivity contribution in [1.82, 2.24) is 9.97 Å². The van der Waals surface area contributed by atoms with E-state index in [0.717, 1.165) is 30.3 Å². The van der Waals surface area contributed by atoms with Crippen LogP contribution in [0.1, 0.15) is 94.9 Å². The molecule has 0 N–H and O–H groups in total. The normalized spacial score (nSPS) is 18.8. The van der Waals surface area contributed by atoms with Crippen molar-refractivity contribution in [3.63, 3.8) is 0 Å². The summed E-state index contributed by atoms with van der Waals surface area (Å²) in [4.78, 5) is 34.5. The van der Waals surface area contributed by atoms with E-state index in [9.17, 15) is 26.4 Å². The number of hydrogen-bond acceptors (Lipinski definition) is 14. The van der Waals surface area contributed by atoms with Crippen molar-refractivity contribution < 1.29 is 54.7 Å². The summed E-state index contributed by atoms with van der Waals surface area (Å²) in [6.07, 6.45) is 3.68. The molecule has 2 aromatic heterocycles. The summed E-state index contributed by atoms with van der Waals surface area (Å²) >= 11 is 9.82. The topological polar surface area (TPSA) is 184 Å². The average molecular weight is 1170 g/mol. The number of carbonyl (C=O) groups excluding carboxylic acids is 2. The van der Waals surface area contributed by atoms with Gasteiger partial charge in [0.1, 0.15) is 15.8 Å². The van der Waals surface area contributed by atoms with Gasteiger partial charge < -0.3 is 28.3 Å². The Bertz CT molecular complexity index is 2550. The smallest absolute Gasteiger partial charge is 0.459 e. The highest BCUT2D eigenvalue weighted by molar-refractivity contribution is 9.11. The average Bonchev–Trinajstić information content (AvgIpc) is 3.50. The number of halogens is 3. The van der Waals surface area contributed by atoms with Crippen LogP contribution < -0.4 is 5.46 Å². The van der Waals surface area contributed by atoms with E-state index in [1.165, 1.54) is 24.3 Å². The summed E-state index contributed by atoms with van der Waals surface area (Å²) < 4.78 is 87.6. The Morgan fingerprint density at radius 2 is 0.956 bits per heavy atom. The Labute approximate surface area is 426 Å². The van der Waals surface area contributed by atoms with Gasteiger partial charge in [-0.3, -0.25) is 14.6 Å². The number of ether oxygens (including phenoxy) is 4. The maximum absolute atomic E-state index is 13.7. The molecule has 5 heterocycles. The number of aromatic nitrogens is 2. The third-order valence-electron chi connectivity index (χ3n) is 11.8. The van der Waals surface area contributed by atoms with Crippen LogP contribution in [0.15, 0.2) is 109 Å². The first-order valence-corrected chi connectivity index (χ1v) is 27.4. The summed E-state index contributed by atoms with van der Waals surface area (Å²) in [5.41, 5.74) is -0.333. The van der Waals surface area contributed by atoms with Crippen molar-refractivity contribution in [3.05, 3.63) is 98.7 Å². The molecule has 3 aliphatic heterocycles. The Hall–Kier alpha value is -3.08. The second kappa shape index (κ2) is 21.7. The lowest BCUT2D eigenvalue weighted by molar-refractivity contribution is -0.161. The van der Waals surface area contributed by atoms with Gasteiger partial charge in [-0.05, 0) is 171 Å². The summed E-state index contributed by atoms with van der Waals surface area (Å²) in [5, 5.41) is 0. The highest BCUT2D eigenvalue weighted by Crippen LogP contribution is 2.40. The van der Waals surface area contributed by atoms with Crippen molar-refractivity contribution in [2.75, 3.05) is 26.4 Å². The summed E-state index contributed by atoms with van der Waals surface area (Å²) in [5.74, 6) is -1.44. The van der Waals surface area contributed by atoms with E-state index in [0.29, 0.717) is 0 Å². The molecule has 0 atom stereocenters. The molecule has 0 spiro atoms. The summed E-state index contributed by atoms with van der Waals surface area (Å²) in [7, 11) is -8.59. The molecule has 370 valence electrons. The zero-order valence-corrected chi connectivity index (χ0v) is 46.5. The van der Waals surface area contributed by atoms with Gasteiger partial charge in [-0.2, -0.15) is 0 Å². The SMILES string of the molecule is Brc1ccc(Br)nc1.CC(C)(C)OC(=O)C1(S(=O)(=O)c2ccc(-c3ccc(Br)cn3)cc2)CCOCC1.CC(C)(C)OC(=O)C1(S(=O)(=O)c2ccc(B3OC(C)(C)C(C)(C)O3)cc2)CCOCC1. The third-order valence-corrected chi connectivity index (χ3v) is 18.2. The van der Waals surface area contributed by atoms with Crippen LogP contribution in [0.25, 0.3) is 11.3 Å². The molecule has 0 unspecified atom stereocenters. The fraction of sp³-hybridized carbons (Fsp3) is 0.500. The van der Waals surface area contributed by atoms with Gasteiger partial charge >= 0.3 is 19.1 Å². The van der Waals surface area contributed by atoms with Gasteiger partial charge in [0.2, 0.25) is 0 Å². The number of hydrogen-bond donors (Lipinski definition) is 0. The number of carbonyl (C=O) groups is 2. The highest BCUT2D eigenvalue weighted by Gasteiger charge is 2.56. The summed E-state index contributed by atoms with van der Waals surface area (Å²) in [6.45, 7) is 19.0. The first kappa shape index (κ1) is 55.8. The van der Waals surface area contributed by atoms with Gasteiger partial charge in [-0.25, -0.2) is 21.8 Å². The van der Waals surface area contributed by atoms with E-state index in [-0.39, 0.29) is 61.9 Å². The predicted molar refractivity (Wildman–Crippen MR) is 271 cm³/mol. The molecule has 0 radical (unpaired) electrons. The first-order valence-electron chi connectivity index (χ1n) is 22.0. The van der Waals surface area contributed by atoms with Gasteiger partial charge in [0.05, 0.1) is 26.7 Å². The quantitative estimate of drug-likeness (QED) is 0.0924. The van der Waals surface area contributed by atoms with Gasteiger partial charge in [-0.15, -0.1) is 0 Å². The highest BCUT2D eigenvalue weighted by atomic mass is 79.9. The monoisotopic (exact) mass is 1170 g/mol. The lowest BCUT2D eigenvalue weighted by atomic mass is 9.79. The second-order valence-electron chi connectivity index (χ2n) is 19.6. The predicted octanol–water partition coefficient (Wildman–Crippen LogP) is 9.43. The van der Waals surface area contributed by atoms with Crippen LogP contribution in [0, 0.1) is 0 Å². The molecule has 3 aliphatic rings. The Morgan fingerprint density at radius 3 is 1.29 bits per heavy atom. The van der Waals surface area contributed by atoms with Crippen molar-refractivity contribution in [2.24, 2.45) is 0 Å². The number of rotatable bonds is 8. The molecule has 20 heteroatoms. The molecule has 3 fully saturated rings. The van der Waals surface area contributed by atoms with Crippen LogP contribution in [0.4, 0.5) is 0 Å². The van der Waals surface area contributed by atoms with Crippen LogP contribution in [0.5, 0.6) is 0 Å². The zero-order valence-electron chi connectivity index (χ0n) is 40.1. The Balaban J connectivity index is 0.000000218. The molecular formula is C48H60BBr3N2O12S2. The third kappa shape index (κ3) is 13.1. The van der Waals surface area contributed by atoms with Crippen molar-refractivity contribution >= 4 is 92.0 Å². The largest absolute Gasteiger partial charge is 0.494 e. The molecular weight excluding hydrogens is 1110 g/mol. The summed E-state index contributed by atoms with van der Waals surface area (Å²) in [6, 6.07) is 20.3. The van der Waals surface area contributed by atoms with Crippen LogP contribution in [-0.4, -0.2) is 104 Å². The number of nitrogens with zero attached hydrogens (tertiary/aromatic N) is 2. The standard InChI is InChI=1S/C22H33BO7S.C21H24BrNO5S.C5H3Br2N/c1-19(2,3)28-18(24)22(12-14-27-15-13-22)31(25,26)17-10-8-16(9-11-17)23-29-20(4,5)21(6,7)30-23;1-20(2,3)28-19(24)21(10-12-27-13-11-21)29(25,26)17-7-4-15(5-8-17)18-9-6-16(22)14-23-18;6-4-1-2-5(7)8-3-4/h8-11H,12-15H2,1-7H3;4-9,14H,10-13H2,1-3H3;1-3H. The van der Waals surface area contributed by atoms with Crippen LogP contribution in [0.2, 0.25) is 0 Å². The molecule has 0 amide bonds. The van der Waals surface area contributed by atoms with E-state index in [4.69, 9.17) is 28.3 Å². The Kier molecular flexibility index (Phi) is 17.8. The molecule has 2 aromatic carbocycles. The number of pyridine rings is 2. The van der Waals surface area contributed by atoms with Gasteiger partial charge in [0, 0.05) is 79.0 Å². The number of esters is 2. The van der Waals surface area contributed by atoms with Crippen LogP contribution in [0.3, 0.4) is 0 Å². The molecule has 68 heavy (non-hydrogen) atoms. The van der Waals surface area contributed by atoms with Crippen LogP contribution >= 0.6 is 47.8 Å². The first-order chi connectivity index (χ1) is 31.5. The maximum atomic E-state index is 13.7. The Morgan fingerprint density at radius 1 is 0.574 bits per heavy atom. The van der Waals surface area contributed by atoms with Gasteiger partial charge in [0.15, 0.2) is 29.2 Å². The van der Waals surface area contributed by atoms with E-state index in [1.807, 2.05) is 52.0 Å². The minimum absolute atomic E-state index is 0.0588. The van der Waals surface area contributed by atoms with Gasteiger partial charge in [-0.1, -0.05) is 24.3 Å². The molecule has 4 aromatic rings. The van der Waals surface area contributed by atoms with Crippen molar-refractivity contribution in [2.45, 2.75) is 137 Å². The molecule has 0 saturated carbocycles. The van der Waals surface area contributed by atoms with E-state index >= 15 is 0 Å². The molecule has 3 saturated heterocycles. The van der Waals surface area contributed by atoms with Crippen molar-refractivity contribution in [1.29, 1.82) is 0 Å². The lowest BCUT2D eigenvalue weighted by Crippen LogP contribution is -2.53. The minimum Gasteiger partial charge on any atom is -0.459 e. The van der Waals surface area contributed by atoms with E-state index in [1.54, 1.807) is 78.2 Å². The molecule has 7 rings (SSSR count). The van der Waals surface area contributed by atoms with E-state index < -0.39 is 70.6 Å². The number of benzene rings is 2. The zero-order chi connectivity index (χ0) is 50.6. The van der Waals surface area contributed by atoms with Crippen molar-refractivity contribution in [3.8, 4) is 11.3 Å². The second-order valence-corrected chi connectivity index (χ2v) is 26.7.